The van der Waals surface area contributed by atoms with Crippen LogP contribution in [0.15, 0.2) is 42.5 Å². The van der Waals surface area contributed by atoms with E-state index in [4.69, 9.17) is 11.0 Å². The molecule has 0 radical (unpaired) electrons. The average Bonchev–Trinajstić information content (AvgIpc) is 2.39. The molecule has 3 N–H and O–H groups in total. The molecule has 0 aromatic heterocycles. The Morgan fingerprint density at radius 1 is 1.26 bits per heavy atom. The highest BCUT2D eigenvalue weighted by atomic mass is 19.1. The maximum Gasteiger partial charge on any atom is 0.248 e. The molecule has 0 atom stereocenters. The second-order valence-corrected chi connectivity index (χ2v) is 3.84. The van der Waals surface area contributed by atoms with E-state index in [2.05, 4.69) is 5.32 Å². The van der Waals surface area contributed by atoms with Crippen molar-refractivity contribution in [3.8, 4) is 6.07 Å². The summed E-state index contributed by atoms with van der Waals surface area (Å²) in [6.07, 6.45) is 0. The molecule has 2 rings (SSSR count). The monoisotopic (exact) mass is 255 g/mol. The van der Waals surface area contributed by atoms with Crippen LogP contribution >= 0.6 is 0 Å². The summed E-state index contributed by atoms with van der Waals surface area (Å²) in [4.78, 5) is 11.1. The zero-order chi connectivity index (χ0) is 13.8. The van der Waals surface area contributed by atoms with Crippen molar-refractivity contribution in [1.29, 1.82) is 5.26 Å². The van der Waals surface area contributed by atoms with Crippen LogP contribution < -0.4 is 11.1 Å². The number of benzene rings is 2. The quantitative estimate of drug-likeness (QED) is 0.884. The number of nitrogens with two attached hydrogens (primary N) is 1. The van der Waals surface area contributed by atoms with Crippen LogP contribution in [-0.2, 0) is 0 Å². The Morgan fingerprint density at radius 2 is 2.00 bits per heavy atom. The molecule has 0 saturated carbocycles. The van der Waals surface area contributed by atoms with Crippen LogP contribution in [0.4, 0.5) is 15.8 Å². The Kier molecular flexibility index (Phi) is 3.44. The first kappa shape index (κ1) is 12.6. The van der Waals surface area contributed by atoms with E-state index < -0.39 is 11.7 Å². The highest BCUT2D eigenvalue weighted by molar-refractivity contribution is 5.94. The maximum atomic E-state index is 13.4. The van der Waals surface area contributed by atoms with E-state index in [1.807, 2.05) is 0 Å². The smallest absolute Gasteiger partial charge is 0.248 e. The first-order chi connectivity index (χ1) is 9.11. The van der Waals surface area contributed by atoms with Gasteiger partial charge in [-0.15, -0.1) is 0 Å². The first-order valence-corrected chi connectivity index (χ1v) is 5.47. The number of nitrogens with one attached hydrogen (secondary N) is 1. The summed E-state index contributed by atoms with van der Waals surface area (Å²) >= 11 is 0. The number of hydrogen-bond acceptors (Lipinski definition) is 3. The van der Waals surface area contributed by atoms with Crippen molar-refractivity contribution in [2.75, 3.05) is 5.32 Å². The molecular weight excluding hydrogens is 245 g/mol. The number of halogens is 1. The van der Waals surface area contributed by atoms with Crippen molar-refractivity contribution in [2.45, 2.75) is 0 Å². The third-order valence-corrected chi connectivity index (χ3v) is 2.55. The zero-order valence-corrected chi connectivity index (χ0v) is 9.85. The minimum absolute atomic E-state index is 0.0769. The number of carbonyl (C=O) groups is 1. The number of carbonyl (C=O) groups excluding carboxylic acids is 1. The molecule has 2 aromatic carbocycles. The minimum Gasteiger partial charge on any atom is -0.366 e. The highest BCUT2D eigenvalue weighted by Gasteiger charge is 2.08. The van der Waals surface area contributed by atoms with Gasteiger partial charge in [0.15, 0.2) is 0 Å². The van der Waals surface area contributed by atoms with Gasteiger partial charge in [-0.3, -0.25) is 4.79 Å². The lowest BCUT2D eigenvalue weighted by molar-refractivity contribution is 0.100. The van der Waals surface area contributed by atoms with Crippen molar-refractivity contribution in [2.24, 2.45) is 5.73 Å². The van der Waals surface area contributed by atoms with Crippen molar-refractivity contribution in [3.05, 3.63) is 59.4 Å². The molecular formula is C14H10FN3O. The maximum absolute atomic E-state index is 13.4. The Morgan fingerprint density at radius 3 is 2.68 bits per heavy atom. The van der Waals surface area contributed by atoms with E-state index >= 15 is 0 Å². The molecule has 0 spiro atoms. The van der Waals surface area contributed by atoms with Gasteiger partial charge < -0.3 is 11.1 Å². The van der Waals surface area contributed by atoms with Gasteiger partial charge in [0, 0.05) is 11.3 Å². The average molecular weight is 255 g/mol. The normalized spacial score (nSPS) is 9.68. The van der Waals surface area contributed by atoms with Crippen molar-refractivity contribution in [1.82, 2.24) is 0 Å². The number of anilines is 2. The summed E-state index contributed by atoms with van der Waals surface area (Å²) in [5, 5.41) is 11.8. The van der Waals surface area contributed by atoms with Crippen LogP contribution in [0.5, 0.6) is 0 Å². The lowest BCUT2D eigenvalue weighted by Crippen LogP contribution is -2.10. The molecule has 4 nitrogen and oxygen atoms in total. The predicted octanol–water partition coefficient (Wildman–Crippen LogP) is 2.54. The van der Waals surface area contributed by atoms with Crippen LogP contribution in [0.2, 0.25) is 0 Å². The molecule has 1 amide bonds. The van der Waals surface area contributed by atoms with E-state index in [1.54, 1.807) is 30.3 Å². The molecule has 5 heteroatoms. The van der Waals surface area contributed by atoms with E-state index in [0.29, 0.717) is 16.9 Å². The summed E-state index contributed by atoms with van der Waals surface area (Å²) in [6, 6.07) is 12.5. The van der Waals surface area contributed by atoms with Crippen LogP contribution in [0.3, 0.4) is 0 Å². The molecule has 0 bridgehead atoms. The highest BCUT2D eigenvalue weighted by Crippen LogP contribution is 2.23. The molecule has 2 aromatic rings. The van der Waals surface area contributed by atoms with Gasteiger partial charge in [-0.25, -0.2) is 4.39 Å². The lowest BCUT2D eigenvalue weighted by atomic mass is 10.1. The molecule has 19 heavy (non-hydrogen) atoms. The molecule has 0 aliphatic heterocycles. The van der Waals surface area contributed by atoms with E-state index in [9.17, 15) is 9.18 Å². The third-order valence-electron chi connectivity index (χ3n) is 2.55. The van der Waals surface area contributed by atoms with Gasteiger partial charge in [0.05, 0.1) is 5.69 Å². The number of hydrogen-bond donors (Lipinski definition) is 2. The second-order valence-electron chi connectivity index (χ2n) is 3.84. The third kappa shape index (κ3) is 2.69. The number of nitriles is 1. The van der Waals surface area contributed by atoms with Crippen LogP contribution in [0, 0.1) is 17.1 Å². The Bertz CT molecular complexity index is 677. The predicted molar refractivity (Wildman–Crippen MR) is 69.4 cm³/mol. The lowest BCUT2D eigenvalue weighted by Gasteiger charge is -2.09. The van der Waals surface area contributed by atoms with E-state index in [1.165, 1.54) is 18.2 Å². The summed E-state index contributed by atoms with van der Waals surface area (Å²) in [5.74, 6) is -1.15. The Balaban J connectivity index is 2.37. The fourth-order valence-electron chi connectivity index (χ4n) is 1.65. The number of rotatable bonds is 3. The fourth-order valence-corrected chi connectivity index (χ4v) is 1.65. The summed E-state index contributed by atoms with van der Waals surface area (Å²) in [6.45, 7) is 0. The van der Waals surface area contributed by atoms with Gasteiger partial charge in [0.2, 0.25) is 5.91 Å². The van der Waals surface area contributed by atoms with Crippen molar-refractivity contribution >= 4 is 17.3 Å². The molecule has 0 aliphatic rings. The van der Waals surface area contributed by atoms with Crippen LogP contribution in [0.1, 0.15) is 15.9 Å². The second kappa shape index (κ2) is 5.19. The van der Waals surface area contributed by atoms with Gasteiger partial charge in [-0.2, -0.15) is 5.26 Å². The SMILES string of the molecule is N#Cc1c(F)cccc1Nc1cccc(C(N)=O)c1. The van der Waals surface area contributed by atoms with Crippen LogP contribution in [0.25, 0.3) is 0 Å². The van der Waals surface area contributed by atoms with Gasteiger partial charge >= 0.3 is 0 Å². The van der Waals surface area contributed by atoms with Gasteiger partial charge in [0.1, 0.15) is 17.4 Å². The standard InChI is InChI=1S/C14H10FN3O/c15-12-5-2-6-13(11(12)8-16)18-10-4-1-3-9(7-10)14(17)19/h1-7,18H,(H2,17,19). The van der Waals surface area contributed by atoms with Gasteiger partial charge in [-0.05, 0) is 30.3 Å². The van der Waals surface area contributed by atoms with E-state index in [0.717, 1.165) is 0 Å². The molecule has 0 fully saturated rings. The minimum atomic E-state index is -0.599. The number of primary amides is 1. The van der Waals surface area contributed by atoms with Gasteiger partial charge in [-0.1, -0.05) is 12.1 Å². The molecule has 0 heterocycles. The first-order valence-electron chi connectivity index (χ1n) is 5.47. The summed E-state index contributed by atoms with van der Waals surface area (Å²) in [5.41, 5.74) is 6.32. The molecule has 0 unspecified atom stereocenters. The zero-order valence-electron chi connectivity index (χ0n) is 9.85. The summed E-state index contributed by atoms with van der Waals surface area (Å²) < 4.78 is 13.4. The summed E-state index contributed by atoms with van der Waals surface area (Å²) in [7, 11) is 0. The van der Waals surface area contributed by atoms with Gasteiger partial charge in [0.25, 0.3) is 0 Å². The Labute approximate surface area is 109 Å². The largest absolute Gasteiger partial charge is 0.366 e. The van der Waals surface area contributed by atoms with Crippen molar-refractivity contribution in [3.63, 3.8) is 0 Å². The van der Waals surface area contributed by atoms with Crippen molar-refractivity contribution < 1.29 is 9.18 Å². The molecule has 94 valence electrons. The van der Waals surface area contributed by atoms with Crippen LogP contribution in [-0.4, -0.2) is 5.91 Å². The molecule has 0 aliphatic carbocycles. The number of amides is 1. The number of nitrogens with zero attached hydrogens (tertiary/aromatic N) is 1. The fraction of sp³-hybridized carbons (Fsp3) is 0. The topological polar surface area (TPSA) is 78.9 Å². The molecule has 0 saturated heterocycles. The Hall–Kier alpha value is -2.87. The van der Waals surface area contributed by atoms with E-state index in [-0.39, 0.29) is 5.56 Å².